The molecule has 2 aromatic carbocycles. The van der Waals surface area contributed by atoms with Crippen molar-refractivity contribution >= 4 is 23.0 Å². The number of aryl methyl sites for hydroxylation is 1. The van der Waals surface area contributed by atoms with Gasteiger partial charge in [0, 0.05) is 0 Å². The third-order valence-corrected chi connectivity index (χ3v) is 5.35. The smallest absolute Gasteiger partial charge is 0.273 e. The number of nitriles is 2. The molecule has 0 saturated carbocycles. The van der Waals surface area contributed by atoms with E-state index in [0.29, 0.717) is 20.6 Å². The molecule has 0 atom stereocenters. The Morgan fingerprint density at radius 2 is 1.89 bits per heavy atom. The highest BCUT2D eigenvalue weighted by atomic mass is 32.1. The van der Waals surface area contributed by atoms with E-state index in [1.165, 1.54) is 4.57 Å². The SMILES string of the molecule is CCc1ccc(-n2c(=C(C#N)C#N)s/c(=C\c3cccc(OC)c3)c2=O)cc1. The van der Waals surface area contributed by atoms with Gasteiger partial charge in [0.05, 0.1) is 17.3 Å². The van der Waals surface area contributed by atoms with Gasteiger partial charge in [-0.3, -0.25) is 9.36 Å². The highest BCUT2D eigenvalue weighted by Gasteiger charge is 2.11. The summed E-state index contributed by atoms with van der Waals surface area (Å²) in [6.07, 6.45) is 2.62. The van der Waals surface area contributed by atoms with Crippen LogP contribution < -0.4 is 19.5 Å². The van der Waals surface area contributed by atoms with Crippen LogP contribution in [0.3, 0.4) is 0 Å². The Kier molecular flexibility index (Phi) is 5.74. The molecule has 0 N–H and O–H groups in total. The van der Waals surface area contributed by atoms with E-state index in [0.717, 1.165) is 28.9 Å². The van der Waals surface area contributed by atoms with E-state index in [1.807, 2.05) is 60.7 Å². The highest BCUT2D eigenvalue weighted by molar-refractivity contribution is 7.07. The standard InChI is InChI=1S/C22H17N3O2S/c1-3-15-7-9-18(10-8-15)25-21(26)20(28-22(25)17(13-23)14-24)12-16-5-4-6-19(11-16)27-2/h4-12H,3H2,1-2H3/b20-12-. The van der Waals surface area contributed by atoms with Crippen molar-refractivity contribution in [1.29, 1.82) is 10.5 Å². The first-order valence-corrected chi connectivity index (χ1v) is 9.44. The predicted octanol–water partition coefficient (Wildman–Crippen LogP) is 2.50. The molecule has 0 bridgehead atoms. The molecular weight excluding hydrogens is 370 g/mol. The van der Waals surface area contributed by atoms with Gasteiger partial charge in [-0.25, -0.2) is 0 Å². The van der Waals surface area contributed by atoms with Gasteiger partial charge in [0.1, 0.15) is 22.6 Å². The van der Waals surface area contributed by atoms with E-state index in [1.54, 1.807) is 13.2 Å². The van der Waals surface area contributed by atoms with Gasteiger partial charge < -0.3 is 4.74 Å². The fraction of sp³-hybridized carbons (Fsp3) is 0.136. The highest BCUT2D eigenvalue weighted by Crippen LogP contribution is 2.13. The molecule has 1 heterocycles. The number of benzene rings is 2. The summed E-state index contributed by atoms with van der Waals surface area (Å²) >= 11 is 1.13. The van der Waals surface area contributed by atoms with E-state index >= 15 is 0 Å². The van der Waals surface area contributed by atoms with Crippen LogP contribution in [0.4, 0.5) is 0 Å². The van der Waals surface area contributed by atoms with E-state index in [2.05, 4.69) is 6.92 Å². The first-order valence-electron chi connectivity index (χ1n) is 8.62. The first kappa shape index (κ1) is 19.2. The third kappa shape index (κ3) is 3.73. The predicted molar refractivity (Wildman–Crippen MR) is 110 cm³/mol. The summed E-state index contributed by atoms with van der Waals surface area (Å²) in [5.41, 5.74) is 2.21. The van der Waals surface area contributed by atoms with Crippen LogP contribution in [0.2, 0.25) is 0 Å². The lowest BCUT2D eigenvalue weighted by Crippen LogP contribution is -2.30. The Labute approximate surface area is 166 Å². The molecule has 28 heavy (non-hydrogen) atoms. The molecule has 3 aromatic rings. The van der Waals surface area contributed by atoms with Gasteiger partial charge in [-0.1, -0.05) is 31.2 Å². The Morgan fingerprint density at radius 3 is 2.50 bits per heavy atom. The van der Waals surface area contributed by atoms with Gasteiger partial charge in [0.15, 0.2) is 5.57 Å². The number of thiazole rings is 1. The quantitative estimate of drug-likeness (QED) is 0.689. The van der Waals surface area contributed by atoms with Crippen molar-refractivity contribution in [3.63, 3.8) is 0 Å². The average Bonchev–Trinajstić information content (AvgIpc) is 3.05. The summed E-state index contributed by atoms with van der Waals surface area (Å²) in [6.45, 7) is 2.05. The van der Waals surface area contributed by atoms with Crippen molar-refractivity contribution in [2.45, 2.75) is 13.3 Å². The van der Waals surface area contributed by atoms with Gasteiger partial charge >= 0.3 is 0 Å². The van der Waals surface area contributed by atoms with Crippen LogP contribution in [0.25, 0.3) is 17.3 Å². The second-order valence-corrected chi connectivity index (χ2v) is 6.98. The van der Waals surface area contributed by atoms with Gasteiger partial charge in [-0.2, -0.15) is 10.5 Å². The van der Waals surface area contributed by atoms with Crippen LogP contribution in [0.1, 0.15) is 18.1 Å². The molecule has 0 saturated heterocycles. The summed E-state index contributed by atoms with van der Waals surface area (Å²) in [4.78, 5) is 13.1. The monoisotopic (exact) mass is 387 g/mol. The maximum Gasteiger partial charge on any atom is 0.273 e. The second kappa shape index (κ2) is 8.39. The Morgan fingerprint density at radius 1 is 1.18 bits per heavy atom. The zero-order valence-electron chi connectivity index (χ0n) is 15.5. The van der Waals surface area contributed by atoms with E-state index in [9.17, 15) is 15.3 Å². The van der Waals surface area contributed by atoms with Crippen molar-refractivity contribution in [3.05, 3.63) is 79.2 Å². The molecule has 0 aliphatic heterocycles. The van der Waals surface area contributed by atoms with Gasteiger partial charge in [-0.05, 0) is 47.9 Å². The van der Waals surface area contributed by atoms with Crippen LogP contribution in [-0.2, 0) is 6.42 Å². The van der Waals surface area contributed by atoms with Gasteiger partial charge in [0.2, 0.25) is 0 Å². The van der Waals surface area contributed by atoms with Crippen LogP contribution in [0.15, 0.2) is 53.3 Å². The third-order valence-electron chi connectivity index (χ3n) is 4.26. The van der Waals surface area contributed by atoms with Crippen molar-refractivity contribution in [2.75, 3.05) is 7.11 Å². The summed E-state index contributed by atoms with van der Waals surface area (Å²) in [7, 11) is 1.58. The lowest BCUT2D eigenvalue weighted by molar-refractivity contribution is 0.414. The molecule has 0 aliphatic rings. The molecule has 5 nitrogen and oxygen atoms in total. The average molecular weight is 387 g/mol. The van der Waals surface area contributed by atoms with Crippen LogP contribution in [0, 0.1) is 22.7 Å². The van der Waals surface area contributed by atoms with E-state index < -0.39 is 0 Å². The van der Waals surface area contributed by atoms with Crippen molar-refractivity contribution < 1.29 is 4.74 Å². The number of hydrogen-bond acceptors (Lipinski definition) is 5. The molecule has 0 spiro atoms. The van der Waals surface area contributed by atoms with Crippen LogP contribution >= 0.6 is 11.3 Å². The van der Waals surface area contributed by atoms with Crippen LogP contribution in [-0.4, -0.2) is 11.7 Å². The van der Waals surface area contributed by atoms with Gasteiger partial charge in [0.25, 0.3) is 5.56 Å². The van der Waals surface area contributed by atoms with E-state index in [-0.39, 0.29) is 11.1 Å². The number of methoxy groups -OCH3 is 1. The number of nitrogens with zero attached hydrogens (tertiary/aromatic N) is 3. The minimum Gasteiger partial charge on any atom is -0.497 e. The molecule has 0 aliphatic carbocycles. The Balaban J connectivity index is 2.32. The molecule has 138 valence electrons. The minimum absolute atomic E-state index is 0.0908. The minimum atomic E-state index is -0.268. The fourth-order valence-corrected chi connectivity index (χ4v) is 3.82. The summed E-state index contributed by atoms with van der Waals surface area (Å²) in [5, 5.41) is 18.7. The molecule has 0 radical (unpaired) electrons. The number of aromatic nitrogens is 1. The second-order valence-electron chi connectivity index (χ2n) is 5.95. The Hall–Kier alpha value is -3.61. The Bertz CT molecular complexity index is 1250. The maximum atomic E-state index is 13.1. The number of rotatable bonds is 4. The molecule has 0 amide bonds. The summed E-state index contributed by atoms with van der Waals surface area (Å²) in [5.74, 6) is 0.683. The van der Waals surface area contributed by atoms with Crippen molar-refractivity contribution in [1.82, 2.24) is 4.57 Å². The van der Waals surface area contributed by atoms with E-state index in [4.69, 9.17) is 4.74 Å². The van der Waals surface area contributed by atoms with Crippen molar-refractivity contribution in [3.8, 4) is 23.6 Å². The lowest BCUT2D eigenvalue weighted by Gasteiger charge is -2.03. The fourth-order valence-electron chi connectivity index (χ4n) is 2.77. The number of hydrogen-bond donors (Lipinski definition) is 0. The van der Waals surface area contributed by atoms with Gasteiger partial charge in [-0.15, -0.1) is 11.3 Å². The largest absolute Gasteiger partial charge is 0.497 e. The molecule has 3 rings (SSSR count). The molecule has 0 fully saturated rings. The zero-order chi connectivity index (χ0) is 20.1. The zero-order valence-corrected chi connectivity index (χ0v) is 16.3. The topological polar surface area (TPSA) is 78.8 Å². The molecule has 6 heteroatoms. The van der Waals surface area contributed by atoms with Crippen molar-refractivity contribution in [2.24, 2.45) is 0 Å². The lowest BCUT2D eigenvalue weighted by atomic mass is 10.1. The molecular formula is C22H17N3O2S. The number of ether oxygens (including phenoxy) is 1. The summed E-state index contributed by atoms with van der Waals surface area (Å²) in [6, 6.07) is 18.7. The summed E-state index contributed by atoms with van der Waals surface area (Å²) < 4.78 is 7.42. The van der Waals surface area contributed by atoms with Crippen LogP contribution in [0.5, 0.6) is 5.75 Å². The maximum absolute atomic E-state index is 13.1. The first-order chi connectivity index (χ1) is 13.6. The molecule has 1 aromatic heterocycles. The normalized spacial score (nSPS) is 10.9. The molecule has 0 unspecified atom stereocenters.